The highest BCUT2D eigenvalue weighted by Gasteiger charge is 2.44. The first kappa shape index (κ1) is 23.5. The predicted octanol–water partition coefficient (Wildman–Crippen LogP) is 1.63. The third kappa shape index (κ3) is 11.7. The number of aliphatic hydroxyl groups excluding tert-OH is 2. The van der Waals surface area contributed by atoms with Gasteiger partial charge < -0.3 is 29.2 Å². The van der Waals surface area contributed by atoms with E-state index < -0.39 is 44.9 Å². The zero-order valence-corrected chi connectivity index (χ0v) is 14.4. The van der Waals surface area contributed by atoms with Crippen LogP contribution in [0.15, 0.2) is 30.3 Å². The fraction of sp³-hybridized carbons (Fsp3) is 0.625. The van der Waals surface area contributed by atoms with Crippen molar-refractivity contribution in [3.05, 3.63) is 30.3 Å². The maximum Gasteiger partial charge on any atom is 0.383 e. The Hall–Kier alpha value is -1.50. The Morgan fingerprint density at radius 3 is 2.15 bits per heavy atom. The van der Waals surface area contributed by atoms with Crippen LogP contribution in [0.1, 0.15) is 0 Å². The van der Waals surface area contributed by atoms with Crippen LogP contribution in [0.5, 0.6) is 5.75 Å². The molecular weight excluding hydrogens is 380 g/mol. The number of alkyl halides is 4. The van der Waals surface area contributed by atoms with E-state index in [2.05, 4.69) is 18.9 Å². The van der Waals surface area contributed by atoms with Gasteiger partial charge in [0.1, 0.15) is 38.5 Å². The lowest BCUT2D eigenvalue weighted by molar-refractivity contribution is -0.396. The lowest BCUT2D eigenvalue weighted by Crippen LogP contribution is -2.40. The predicted molar refractivity (Wildman–Crippen MR) is 83.6 cm³/mol. The summed E-state index contributed by atoms with van der Waals surface area (Å²) in [4.78, 5) is 0. The molecule has 27 heavy (non-hydrogen) atoms. The number of aliphatic hydroxyl groups is 2. The fourth-order valence-electron chi connectivity index (χ4n) is 1.69. The molecule has 0 bridgehead atoms. The molecule has 0 saturated carbocycles. The van der Waals surface area contributed by atoms with E-state index in [0.29, 0.717) is 5.75 Å². The average Bonchev–Trinajstić information content (AvgIpc) is 2.59. The van der Waals surface area contributed by atoms with Crippen molar-refractivity contribution in [2.75, 3.05) is 46.4 Å². The normalized spacial score (nSPS) is 13.6. The zero-order valence-electron chi connectivity index (χ0n) is 14.4. The Morgan fingerprint density at radius 1 is 0.889 bits per heavy atom. The molecule has 156 valence electrons. The van der Waals surface area contributed by atoms with Crippen LogP contribution >= 0.6 is 0 Å². The van der Waals surface area contributed by atoms with Crippen molar-refractivity contribution in [2.24, 2.45) is 0 Å². The Balaban J connectivity index is 2.22. The minimum absolute atomic E-state index is 0.146. The third-order valence-electron chi connectivity index (χ3n) is 2.74. The number of benzene rings is 1. The highest BCUT2D eigenvalue weighted by Crippen LogP contribution is 2.27. The number of ether oxygens (including phenoxy) is 5. The summed E-state index contributed by atoms with van der Waals surface area (Å²) in [7, 11) is 0. The highest BCUT2D eigenvalue weighted by molar-refractivity contribution is 5.20. The van der Waals surface area contributed by atoms with E-state index >= 15 is 0 Å². The molecule has 0 amide bonds. The molecule has 2 N–H and O–H groups in total. The Bertz CT molecular complexity index is 505. The largest absolute Gasteiger partial charge is 0.491 e. The number of halogens is 4. The third-order valence-corrected chi connectivity index (χ3v) is 2.74. The van der Waals surface area contributed by atoms with Gasteiger partial charge >= 0.3 is 12.2 Å². The molecule has 0 aliphatic rings. The molecule has 1 atom stereocenters. The van der Waals surface area contributed by atoms with E-state index in [1.165, 1.54) is 0 Å². The standard InChI is InChI=1S/C16H22F4O7/c17-15(18,27-16(19,20)11-25-12-23-7-6-21)10-24-8-13(22)9-26-14-4-2-1-3-5-14/h1-5,13,21-22H,6-12H2. The molecule has 7 nitrogen and oxygen atoms in total. The zero-order chi connectivity index (χ0) is 20.2. The Labute approximate surface area is 153 Å². The monoisotopic (exact) mass is 402 g/mol. The van der Waals surface area contributed by atoms with Crippen LogP contribution in [-0.4, -0.2) is 75.0 Å². The van der Waals surface area contributed by atoms with Gasteiger partial charge in [-0.15, -0.1) is 0 Å². The molecule has 0 saturated heterocycles. The van der Waals surface area contributed by atoms with Crippen molar-refractivity contribution in [1.29, 1.82) is 0 Å². The van der Waals surface area contributed by atoms with E-state index in [0.717, 1.165) is 0 Å². The van der Waals surface area contributed by atoms with Crippen LogP contribution < -0.4 is 4.74 Å². The van der Waals surface area contributed by atoms with Gasteiger partial charge in [-0.25, -0.2) is 0 Å². The number of hydrogen-bond donors (Lipinski definition) is 2. The summed E-state index contributed by atoms with van der Waals surface area (Å²) in [5, 5.41) is 18.0. The van der Waals surface area contributed by atoms with Gasteiger partial charge in [-0.3, -0.25) is 4.74 Å². The Morgan fingerprint density at radius 2 is 1.52 bits per heavy atom. The van der Waals surface area contributed by atoms with Gasteiger partial charge in [0.25, 0.3) is 0 Å². The number of hydrogen-bond acceptors (Lipinski definition) is 7. The van der Waals surface area contributed by atoms with Gasteiger partial charge in [-0.2, -0.15) is 17.6 Å². The molecular formula is C16H22F4O7. The van der Waals surface area contributed by atoms with Gasteiger partial charge in [0.2, 0.25) is 0 Å². The summed E-state index contributed by atoms with van der Waals surface area (Å²) >= 11 is 0. The smallest absolute Gasteiger partial charge is 0.383 e. The molecule has 11 heteroatoms. The van der Waals surface area contributed by atoms with Crippen LogP contribution in [0.3, 0.4) is 0 Å². The fourth-order valence-corrected chi connectivity index (χ4v) is 1.69. The average molecular weight is 402 g/mol. The van der Waals surface area contributed by atoms with Crippen LogP contribution in [-0.2, 0) is 18.9 Å². The van der Waals surface area contributed by atoms with Crippen molar-refractivity contribution in [3.8, 4) is 5.75 Å². The van der Waals surface area contributed by atoms with E-state index in [9.17, 15) is 22.7 Å². The molecule has 1 unspecified atom stereocenters. The number of rotatable bonds is 15. The molecule has 0 aliphatic heterocycles. The summed E-state index contributed by atoms with van der Waals surface area (Å²) < 4.78 is 75.3. The molecule has 1 aromatic rings. The van der Waals surface area contributed by atoms with E-state index in [4.69, 9.17) is 9.84 Å². The molecule has 0 heterocycles. The SMILES string of the molecule is OCCOCOCC(F)(F)OC(F)(F)COCC(O)COc1ccccc1. The van der Waals surface area contributed by atoms with Gasteiger partial charge in [-0.1, -0.05) is 18.2 Å². The summed E-state index contributed by atoms with van der Waals surface area (Å²) in [6.07, 6.45) is -9.84. The maximum absolute atomic E-state index is 13.4. The summed E-state index contributed by atoms with van der Waals surface area (Å²) in [5.41, 5.74) is 0. The lowest BCUT2D eigenvalue weighted by atomic mass is 10.3. The molecule has 0 radical (unpaired) electrons. The van der Waals surface area contributed by atoms with Gasteiger partial charge in [-0.05, 0) is 12.1 Å². The quantitative estimate of drug-likeness (QED) is 0.262. The van der Waals surface area contributed by atoms with Gasteiger partial charge in [0.05, 0.1) is 19.8 Å². The first-order chi connectivity index (χ1) is 12.7. The van der Waals surface area contributed by atoms with E-state index in [1.807, 2.05) is 0 Å². The van der Waals surface area contributed by atoms with Crippen molar-refractivity contribution < 1.29 is 51.5 Å². The molecule has 0 spiro atoms. The van der Waals surface area contributed by atoms with Gasteiger partial charge in [0.15, 0.2) is 0 Å². The summed E-state index contributed by atoms with van der Waals surface area (Å²) in [5.74, 6) is 0.466. The first-order valence-electron chi connectivity index (χ1n) is 7.90. The van der Waals surface area contributed by atoms with Crippen LogP contribution in [0, 0.1) is 0 Å². The Kier molecular flexibility index (Phi) is 10.5. The van der Waals surface area contributed by atoms with Crippen LogP contribution in [0.4, 0.5) is 17.6 Å². The topological polar surface area (TPSA) is 86.6 Å². The van der Waals surface area contributed by atoms with Crippen molar-refractivity contribution >= 4 is 0 Å². The minimum Gasteiger partial charge on any atom is -0.491 e. The van der Waals surface area contributed by atoms with Crippen molar-refractivity contribution in [2.45, 2.75) is 18.3 Å². The second kappa shape index (κ2) is 12.1. The second-order valence-corrected chi connectivity index (χ2v) is 5.27. The lowest BCUT2D eigenvalue weighted by Gasteiger charge is -2.24. The van der Waals surface area contributed by atoms with Gasteiger partial charge in [0, 0.05) is 0 Å². The second-order valence-electron chi connectivity index (χ2n) is 5.27. The van der Waals surface area contributed by atoms with E-state index in [-0.39, 0.29) is 19.8 Å². The molecule has 1 rings (SSSR count). The highest BCUT2D eigenvalue weighted by atomic mass is 19.3. The molecule has 0 fully saturated rings. The van der Waals surface area contributed by atoms with Crippen molar-refractivity contribution in [1.82, 2.24) is 0 Å². The minimum atomic E-state index is -4.31. The maximum atomic E-state index is 13.4. The summed E-state index contributed by atoms with van der Waals surface area (Å²) in [6.45, 7) is -4.86. The molecule has 0 aromatic heterocycles. The summed E-state index contributed by atoms with van der Waals surface area (Å²) in [6, 6.07) is 8.44. The van der Waals surface area contributed by atoms with E-state index in [1.54, 1.807) is 30.3 Å². The van der Waals surface area contributed by atoms with Crippen molar-refractivity contribution in [3.63, 3.8) is 0 Å². The molecule has 1 aromatic carbocycles. The van der Waals surface area contributed by atoms with Crippen LogP contribution in [0.2, 0.25) is 0 Å². The number of para-hydroxylation sites is 1. The first-order valence-corrected chi connectivity index (χ1v) is 7.90. The molecule has 0 aliphatic carbocycles. The van der Waals surface area contributed by atoms with Crippen LogP contribution in [0.25, 0.3) is 0 Å².